The molecule has 7 heteroatoms. The van der Waals surface area contributed by atoms with Crippen LogP contribution in [-0.2, 0) is 6.18 Å². The average Bonchev–Trinajstić information content (AvgIpc) is 2.34. The number of hydrogen-bond acceptors (Lipinski definition) is 2. The summed E-state index contributed by atoms with van der Waals surface area (Å²) in [4.78, 5) is 11.3. The van der Waals surface area contributed by atoms with Gasteiger partial charge in [0.1, 0.15) is 0 Å². The SMILES string of the molecule is CC(C)NC(=O)NC[C@H](O)c1cccc(C(F)(F)F)c1. The van der Waals surface area contributed by atoms with Gasteiger partial charge in [0.25, 0.3) is 0 Å². The molecule has 0 aromatic heterocycles. The number of hydrogen-bond donors (Lipinski definition) is 3. The number of halogens is 3. The Hall–Kier alpha value is -1.76. The summed E-state index contributed by atoms with van der Waals surface area (Å²) in [7, 11) is 0. The fourth-order valence-electron chi connectivity index (χ4n) is 1.54. The lowest BCUT2D eigenvalue weighted by molar-refractivity contribution is -0.137. The molecule has 1 atom stereocenters. The van der Waals surface area contributed by atoms with E-state index in [2.05, 4.69) is 10.6 Å². The molecule has 3 N–H and O–H groups in total. The first kappa shape index (κ1) is 16.3. The lowest BCUT2D eigenvalue weighted by Gasteiger charge is -2.15. The van der Waals surface area contributed by atoms with E-state index in [9.17, 15) is 23.1 Å². The van der Waals surface area contributed by atoms with E-state index >= 15 is 0 Å². The summed E-state index contributed by atoms with van der Waals surface area (Å²) in [6, 6.07) is 3.84. The van der Waals surface area contributed by atoms with Gasteiger partial charge in [0.15, 0.2) is 0 Å². The van der Waals surface area contributed by atoms with Crippen LogP contribution in [0.2, 0.25) is 0 Å². The van der Waals surface area contributed by atoms with Crippen molar-refractivity contribution in [1.82, 2.24) is 10.6 Å². The lowest BCUT2D eigenvalue weighted by Crippen LogP contribution is -2.41. The molecule has 112 valence electrons. The highest BCUT2D eigenvalue weighted by Crippen LogP contribution is 2.30. The second-order valence-corrected chi connectivity index (χ2v) is 4.65. The van der Waals surface area contributed by atoms with Crippen molar-refractivity contribution in [3.63, 3.8) is 0 Å². The summed E-state index contributed by atoms with van der Waals surface area (Å²) in [6.07, 6.45) is -5.66. The lowest BCUT2D eigenvalue weighted by atomic mass is 10.1. The van der Waals surface area contributed by atoms with Gasteiger partial charge >= 0.3 is 12.2 Å². The summed E-state index contributed by atoms with van der Waals surface area (Å²) in [5, 5.41) is 14.7. The molecule has 0 aliphatic rings. The molecule has 0 bridgehead atoms. The topological polar surface area (TPSA) is 61.4 Å². The Balaban J connectivity index is 2.64. The van der Waals surface area contributed by atoms with Crippen molar-refractivity contribution in [2.75, 3.05) is 6.54 Å². The number of aliphatic hydroxyl groups excluding tert-OH is 1. The number of urea groups is 1. The Morgan fingerprint density at radius 2 is 2.00 bits per heavy atom. The van der Waals surface area contributed by atoms with Gasteiger partial charge in [-0.15, -0.1) is 0 Å². The number of rotatable bonds is 4. The van der Waals surface area contributed by atoms with E-state index < -0.39 is 23.9 Å². The van der Waals surface area contributed by atoms with E-state index in [-0.39, 0.29) is 18.2 Å². The van der Waals surface area contributed by atoms with Gasteiger partial charge in [-0.2, -0.15) is 13.2 Å². The molecule has 0 heterocycles. The van der Waals surface area contributed by atoms with Gasteiger partial charge in [-0.1, -0.05) is 12.1 Å². The van der Waals surface area contributed by atoms with Crippen molar-refractivity contribution >= 4 is 6.03 Å². The zero-order chi connectivity index (χ0) is 15.3. The van der Waals surface area contributed by atoms with Crippen LogP contribution in [0.1, 0.15) is 31.1 Å². The third kappa shape index (κ3) is 5.08. The van der Waals surface area contributed by atoms with E-state index in [1.807, 2.05) is 0 Å². The Kier molecular flexibility index (Phi) is 5.38. The van der Waals surface area contributed by atoms with E-state index in [1.54, 1.807) is 13.8 Å². The highest BCUT2D eigenvalue weighted by atomic mass is 19.4. The number of carbonyl (C=O) groups is 1. The maximum atomic E-state index is 12.5. The summed E-state index contributed by atoms with van der Waals surface area (Å²) >= 11 is 0. The molecular weight excluding hydrogens is 273 g/mol. The minimum atomic E-state index is -4.46. The highest BCUT2D eigenvalue weighted by molar-refractivity contribution is 5.74. The first-order valence-corrected chi connectivity index (χ1v) is 6.09. The van der Waals surface area contributed by atoms with Crippen molar-refractivity contribution in [3.05, 3.63) is 35.4 Å². The highest BCUT2D eigenvalue weighted by Gasteiger charge is 2.30. The quantitative estimate of drug-likeness (QED) is 0.797. The molecule has 20 heavy (non-hydrogen) atoms. The van der Waals surface area contributed by atoms with Crippen LogP contribution in [0.4, 0.5) is 18.0 Å². The van der Waals surface area contributed by atoms with Gasteiger partial charge in [0.2, 0.25) is 0 Å². The van der Waals surface area contributed by atoms with Gasteiger partial charge in [-0.3, -0.25) is 0 Å². The van der Waals surface area contributed by atoms with Crippen LogP contribution in [0.25, 0.3) is 0 Å². The molecule has 0 aliphatic heterocycles. The maximum Gasteiger partial charge on any atom is 0.416 e. The summed E-state index contributed by atoms with van der Waals surface area (Å²) in [5.41, 5.74) is -0.731. The molecule has 0 fully saturated rings. The largest absolute Gasteiger partial charge is 0.416 e. The second-order valence-electron chi connectivity index (χ2n) is 4.65. The fourth-order valence-corrected chi connectivity index (χ4v) is 1.54. The molecule has 2 amide bonds. The Labute approximate surface area is 115 Å². The molecule has 0 radical (unpaired) electrons. The number of amides is 2. The number of carbonyl (C=O) groups excluding carboxylic acids is 1. The van der Waals surface area contributed by atoms with Crippen molar-refractivity contribution in [2.24, 2.45) is 0 Å². The van der Waals surface area contributed by atoms with Crippen LogP contribution in [0.15, 0.2) is 24.3 Å². The molecule has 0 aliphatic carbocycles. The molecular formula is C13H17F3N2O2. The minimum Gasteiger partial charge on any atom is -0.387 e. The standard InChI is InChI=1S/C13H17F3N2O2/c1-8(2)18-12(20)17-7-11(19)9-4-3-5-10(6-9)13(14,15)16/h3-6,8,11,19H,7H2,1-2H3,(H2,17,18,20)/t11-/m0/s1. The van der Waals surface area contributed by atoms with E-state index in [4.69, 9.17) is 0 Å². The van der Waals surface area contributed by atoms with Crippen LogP contribution in [-0.4, -0.2) is 23.7 Å². The first-order chi connectivity index (χ1) is 9.20. The summed E-state index contributed by atoms with van der Waals surface area (Å²) in [6.45, 7) is 3.37. The zero-order valence-electron chi connectivity index (χ0n) is 11.2. The van der Waals surface area contributed by atoms with Crippen molar-refractivity contribution < 1.29 is 23.1 Å². The normalized spacial score (nSPS) is 13.2. The van der Waals surface area contributed by atoms with E-state index in [0.717, 1.165) is 12.1 Å². The Bertz CT molecular complexity index is 461. The minimum absolute atomic E-state index is 0.0688. The number of nitrogens with one attached hydrogen (secondary N) is 2. The van der Waals surface area contributed by atoms with Crippen LogP contribution < -0.4 is 10.6 Å². The fraction of sp³-hybridized carbons (Fsp3) is 0.462. The molecule has 0 unspecified atom stereocenters. The predicted molar refractivity (Wildman–Crippen MR) is 68.1 cm³/mol. The Morgan fingerprint density at radius 1 is 1.35 bits per heavy atom. The second kappa shape index (κ2) is 6.60. The number of aliphatic hydroxyl groups is 1. The average molecular weight is 290 g/mol. The van der Waals surface area contributed by atoms with Crippen molar-refractivity contribution in [2.45, 2.75) is 32.2 Å². The van der Waals surface area contributed by atoms with Crippen LogP contribution in [0, 0.1) is 0 Å². The molecule has 4 nitrogen and oxygen atoms in total. The zero-order valence-corrected chi connectivity index (χ0v) is 11.2. The van der Waals surface area contributed by atoms with Gasteiger partial charge in [0, 0.05) is 12.6 Å². The monoisotopic (exact) mass is 290 g/mol. The first-order valence-electron chi connectivity index (χ1n) is 6.09. The summed E-state index contributed by atoms with van der Waals surface area (Å²) in [5.74, 6) is 0. The van der Waals surface area contributed by atoms with Crippen molar-refractivity contribution in [3.8, 4) is 0 Å². The van der Waals surface area contributed by atoms with E-state index in [1.165, 1.54) is 12.1 Å². The molecule has 0 spiro atoms. The third-order valence-electron chi connectivity index (χ3n) is 2.47. The molecule has 1 aromatic rings. The number of benzene rings is 1. The maximum absolute atomic E-state index is 12.5. The van der Waals surface area contributed by atoms with Gasteiger partial charge in [-0.05, 0) is 31.5 Å². The molecule has 0 saturated heterocycles. The molecule has 1 rings (SSSR count). The Morgan fingerprint density at radius 3 is 2.55 bits per heavy atom. The third-order valence-corrected chi connectivity index (χ3v) is 2.47. The van der Waals surface area contributed by atoms with Gasteiger partial charge in [-0.25, -0.2) is 4.79 Å². The van der Waals surface area contributed by atoms with E-state index in [0.29, 0.717) is 0 Å². The molecule has 0 saturated carbocycles. The van der Waals surface area contributed by atoms with Crippen LogP contribution in [0.3, 0.4) is 0 Å². The van der Waals surface area contributed by atoms with Gasteiger partial charge < -0.3 is 15.7 Å². The summed E-state index contributed by atoms with van der Waals surface area (Å²) < 4.78 is 37.6. The predicted octanol–water partition coefficient (Wildman–Crippen LogP) is 2.45. The molecule has 1 aromatic carbocycles. The van der Waals surface area contributed by atoms with Crippen molar-refractivity contribution in [1.29, 1.82) is 0 Å². The smallest absolute Gasteiger partial charge is 0.387 e. The van der Waals surface area contributed by atoms with Crippen LogP contribution in [0.5, 0.6) is 0 Å². The van der Waals surface area contributed by atoms with Crippen LogP contribution >= 0.6 is 0 Å². The number of alkyl halides is 3. The van der Waals surface area contributed by atoms with Gasteiger partial charge in [0.05, 0.1) is 11.7 Å².